The van der Waals surface area contributed by atoms with Crippen LogP contribution in [0, 0.1) is 17.7 Å². The Bertz CT molecular complexity index is 2010. The number of carbonyl (C=O) groups excluding carboxylic acids is 3. The van der Waals surface area contributed by atoms with Crippen molar-refractivity contribution in [1.82, 2.24) is 26.4 Å². The summed E-state index contributed by atoms with van der Waals surface area (Å²) in [6, 6.07) is 17.5. The second-order valence-electron chi connectivity index (χ2n) is 13.9. The first-order valence-electron chi connectivity index (χ1n) is 18.0. The molecule has 14 heteroatoms. The van der Waals surface area contributed by atoms with Crippen LogP contribution in [-0.2, 0) is 39.8 Å². The van der Waals surface area contributed by atoms with Gasteiger partial charge in [0.1, 0.15) is 17.4 Å². The Kier molecular flexibility index (Phi) is 12.2. The monoisotopic (exact) mass is 750 g/mol. The maximum atomic E-state index is 14.7. The molecule has 7 N–H and O–H groups in total. The number of hydrazine groups is 1. The summed E-state index contributed by atoms with van der Waals surface area (Å²) in [7, 11) is 0. The van der Waals surface area contributed by atoms with Gasteiger partial charge in [-0.1, -0.05) is 82.6 Å². The average Bonchev–Trinajstić information content (AvgIpc) is 3.52. The molecule has 1 aromatic heterocycles. The van der Waals surface area contributed by atoms with Gasteiger partial charge in [0.15, 0.2) is 0 Å². The molecule has 3 aromatic carbocycles. The largest absolute Gasteiger partial charge is 0.494 e. The quantitative estimate of drug-likeness (QED) is 0.0422. The highest BCUT2D eigenvalue weighted by molar-refractivity contribution is 5.95. The van der Waals surface area contributed by atoms with Gasteiger partial charge in [0, 0.05) is 23.4 Å². The highest BCUT2D eigenvalue weighted by atomic mass is 19.4. The number of para-hydroxylation sites is 2. The van der Waals surface area contributed by atoms with Crippen molar-refractivity contribution in [3.8, 4) is 0 Å². The second kappa shape index (κ2) is 16.6. The number of H-pyrrole nitrogens is 1. The van der Waals surface area contributed by atoms with Crippen molar-refractivity contribution in [3.63, 3.8) is 0 Å². The number of amides is 3. The fourth-order valence-corrected chi connectivity index (χ4v) is 6.70. The topological polar surface area (TPSA) is 147 Å². The summed E-state index contributed by atoms with van der Waals surface area (Å²) >= 11 is 0. The summed E-state index contributed by atoms with van der Waals surface area (Å²) < 4.78 is 56.6. The first-order chi connectivity index (χ1) is 25.7. The number of aliphatic hydroxyl groups is 1. The van der Waals surface area contributed by atoms with E-state index in [-0.39, 0.29) is 53.8 Å². The molecule has 2 unspecified atom stereocenters. The number of aliphatic hydroxyl groups excluding tert-OH is 1. The van der Waals surface area contributed by atoms with Gasteiger partial charge < -0.3 is 26.0 Å². The number of rotatable bonds is 14. The minimum atomic E-state index is -4.64. The molecule has 288 valence electrons. The minimum absolute atomic E-state index is 0.00185. The number of allylic oxidation sites excluding steroid dienone is 1. The van der Waals surface area contributed by atoms with Crippen LogP contribution in [-0.4, -0.2) is 39.4 Å². The van der Waals surface area contributed by atoms with Crippen LogP contribution < -0.4 is 26.8 Å². The first-order valence-corrected chi connectivity index (χ1v) is 18.0. The van der Waals surface area contributed by atoms with E-state index in [2.05, 4.69) is 31.8 Å². The van der Waals surface area contributed by atoms with E-state index < -0.39 is 58.7 Å². The number of nitrogens with one attached hydrogen (secondary N) is 6. The van der Waals surface area contributed by atoms with Crippen molar-refractivity contribution >= 4 is 34.3 Å². The number of aromatic nitrogens is 1. The number of aromatic amines is 1. The van der Waals surface area contributed by atoms with E-state index >= 15 is 0 Å². The maximum absolute atomic E-state index is 14.7. The summed E-state index contributed by atoms with van der Waals surface area (Å²) in [4.78, 5) is 44.4. The van der Waals surface area contributed by atoms with E-state index in [1.54, 1.807) is 50.2 Å². The van der Waals surface area contributed by atoms with Gasteiger partial charge in [-0.05, 0) is 60.6 Å². The van der Waals surface area contributed by atoms with Crippen LogP contribution >= 0.6 is 0 Å². The lowest BCUT2D eigenvalue weighted by Crippen LogP contribution is -2.64. The van der Waals surface area contributed by atoms with Crippen molar-refractivity contribution in [2.45, 2.75) is 84.0 Å². The van der Waals surface area contributed by atoms with Crippen LogP contribution in [0.25, 0.3) is 10.9 Å². The fourth-order valence-electron chi connectivity index (χ4n) is 6.70. The molecule has 0 bridgehead atoms. The van der Waals surface area contributed by atoms with Gasteiger partial charge in [-0.15, -0.1) is 0 Å². The van der Waals surface area contributed by atoms with Crippen LogP contribution in [0.3, 0.4) is 0 Å². The molecule has 1 heterocycles. The van der Waals surface area contributed by atoms with E-state index in [9.17, 15) is 37.1 Å². The number of aryl methyl sites for hydroxylation is 1. The number of hydrogen-bond donors (Lipinski definition) is 7. The normalized spacial score (nSPS) is 17.7. The zero-order valence-corrected chi connectivity index (χ0v) is 30.6. The number of benzene rings is 3. The van der Waals surface area contributed by atoms with E-state index in [0.29, 0.717) is 29.8 Å². The lowest BCUT2D eigenvalue weighted by Gasteiger charge is -2.39. The first kappa shape index (κ1) is 39.7. The molecule has 0 aliphatic heterocycles. The Morgan fingerprint density at radius 1 is 0.944 bits per heavy atom. The highest BCUT2D eigenvalue weighted by Crippen LogP contribution is 2.40. The summed E-state index contributed by atoms with van der Waals surface area (Å²) in [5.74, 6) is -3.73. The molecular weight excluding hydrogens is 704 g/mol. The molecule has 4 atom stereocenters. The number of alkyl halides is 3. The van der Waals surface area contributed by atoms with E-state index in [1.165, 1.54) is 24.3 Å². The average molecular weight is 751 g/mol. The van der Waals surface area contributed by atoms with Crippen LogP contribution in [0.2, 0.25) is 0 Å². The van der Waals surface area contributed by atoms with Crippen LogP contribution in [0.1, 0.15) is 69.3 Å². The summed E-state index contributed by atoms with van der Waals surface area (Å²) in [6.07, 6.45) is -4.06. The van der Waals surface area contributed by atoms with Gasteiger partial charge in [-0.3, -0.25) is 25.2 Å². The van der Waals surface area contributed by atoms with Crippen molar-refractivity contribution in [2.24, 2.45) is 11.8 Å². The lowest BCUT2D eigenvalue weighted by molar-refractivity contribution is -0.136. The third-order valence-corrected chi connectivity index (χ3v) is 10.2. The predicted octanol–water partition coefficient (Wildman–Crippen LogP) is 6.95. The molecule has 0 spiro atoms. The van der Waals surface area contributed by atoms with Crippen LogP contribution in [0.4, 0.5) is 23.2 Å². The second-order valence-corrected chi connectivity index (χ2v) is 13.9. The summed E-state index contributed by atoms with van der Waals surface area (Å²) in [6.45, 7) is 7.25. The van der Waals surface area contributed by atoms with Crippen molar-refractivity contribution < 1.29 is 37.1 Å². The lowest BCUT2D eigenvalue weighted by atomic mass is 9.78. The predicted molar refractivity (Wildman–Crippen MR) is 198 cm³/mol. The Balaban J connectivity index is 1.53. The van der Waals surface area contributed by atoms with Crippen molar-refractivity contribution in [2.75, 3.05) is 5.43 Å². The molecule has 3 amide bonds. The zero-order chi connectivity index (χ0) is 39.2. The van der Waals surface area contributed by atoms with E-state index in [0.717, 1.165) is 6.07 Å². The fraction of sp³-hybridized carbons (Fsp3) is 0.375. The molecule has 0 saturated carbocycles. The maximum Gasteiger partial charge on any atom is 0.418 e. The van der Waals surface area contributed by atoms with Gasteiger partial charge in [0.2, 0.25) is 17.7 Å². The standard InChI is InChI=1S/C40H46F4N6O4/c1-5-23(3)33(46-32(51)21-25-13-10-11-18-30(25)41)36(52)48-39(20-19-31-28(22-39)27-16-12-17-29(35(27)45-31)40(42,43)44)38(54)47-34(24(4)6-2)37(53)50-49-26-14-8-7-9-15-26/h7-18,23-24,34,45,48-49,52H,5-6,19-22H2,1-4H3,(H,46,51)(H,47,54)(H,50,53)/b36-33-/t23?,24?,34-,39+/m0/s1. The zero-order valence-electron chi connectivity index (χ0n) is 30.6. The smallest absolute Gasteiger partial charge is 0.418 e. The molecule has 1 aliphatic rings. The number of halogens is 4. The van der Waals surface area contributed by atoms with Crippen molar-refractivity contribution in [1.29, 1.82) is 0 Å². The molecule has 0 fully saturated rings. The molecule has 1 aliphatic carbocycles. The van der Waals surface area contributed by atoms with Gasteiger partial charge in [0.05, 0.1) is 28.9 Å². The van der Waals surface area contributed by atoms with E-state index in [4.69, 9.17) is 0 Å². The van der Waals surface area contributed by atoms with Gasteiger partial charge in [-0.25, -0.2) is 4.39 Å². The van der Waals surface area contributed by atoms with Crippen LogP contribution in [0.15, 0.2) is 84.4 Å². The highest BCUT2D eigenvalue weighted by Gasteiger charge is 2.46. The molecule has 5 rings (SSSR count). The third kappa shape index (κ3) is 8.80. The molecular formula is C40H46F4N6O4. The molecule has 0 saturated heterocycles. The number of fused-ring (bicyclic) bond motifs is 3. The minimum Gasteiger partial charge on any atom is -0.494 e. The number of carbonyl (C=O) groups is 3. The molecule has 0 radical (unpaired) electrons. The third-order valence-electron chi connectivity index (χ3n) is 10.2. The Hall–Kier alpha value is -5.53. The van der Waals surface area contributed by atoms with Gasteiger partial charge in [-0.2, -0.15) is 13.2 Å². The van der Waals surface area contributed by atoms with E-state index in [1.807, 2.05) is 19.9 Å². The Morgan fingerprint density at radius 3 is 2.31 bits per heavy atom. The van der Waals surface area contributed by atoms with Crippen LogP contribution in [0.5, 0.6) is 0 Å². The molecule has 4 aromatic rings. The summed E-state index contributed by atoms with van der Waals surface area (Å²) in [5.41, 5.74) is 4.60. The number of hydrogen-bond acceptors (Lipinski definition) is 6. The molecule has 10 nitrogen and oxygen atoms in total. The van der Waals surface area contributed by atoms with Crippen molar-refractivity contribution in [3.05, 3.63) is 113 Å². The number of anilines is 1. The Morgan fingerprint density at radius 2 is 1.65 bits per heavy atom. The van der Waals surface area contributed by atoms with Gasteiger partial charge in [0.25, 0.3) is 5.91 Å². The Labute approximate surface area is 311 Å². The SMILES string of the molecule is CCC(C)/C(NC(=O)Cc1ccccc1F)=C(/O)N[C@]1(C(=O)N[C@H](C(=O)NNc2ccccc2)C(C)CC)CCc2[nH]c3c(C(F)(F)F)cccc3c2C1. The summed E-state index contributed by atoms with van der Waals surface area (Å²) in [5, 5.41) is 20.6. The van der Waals surface area contributed by atoms with Gasteiger partial charge >= 0.3 is 6.18 Å². The molecule has 54 heavy (non-hydrogen) atoms.